The minimum absolute atomic E-state index is 0.137. The molecule has 1 aliphatic heterocycles. The topological polar surface area (TPSA) is 100 Å². The average molecular weight is 311 g/mol. The lowest BCUT2D eigenvalue weighted by atomic mass is 10.1. The molecule has 2 amide bonds. The molecule has 8 heteroatoms. The summed E-state index contributed by atoms with van der Waals surface area (Å²) in [6, 6.07) is -0.482. The van der Waals surface area contributed by atoms with Crippen LogP contribution in [0.15, 0.2) is 0 Å². The molecule has 1 unspecified atom stereocenters. The molecule has 116 valence electrons. The van der Waals surface area contributed by atoms with Gasteiger partial charge in [0.05, 0.1) is 0 Å². The molecule has 4 N–H and O–H groups in total. The van der Waals surface area contributed by atoms with E-state index in [1.165, 1.54) is 11.3 Å². The van der Waals surface area contributed by atoms with E-state index in [-0.39, 0.29) is 17.6 Å². The van der Waals surface area contributed by atoms with Crippen LogP contribution in [0.2, 0.25) is 0 Å². The number of piperidine rings is 1. The highest BCUT2D eigenvalue weighted by Crippen LogP contribution is 2.28. The van der Waals surface area contributed by atoms with Gasteiger partial charge in [-0.05, 0) is 26.7 Å². The number of rotatable bonds is 5. The van der Waals surface area contributed by atoms with E-state index in [1.807, 2.05) is 18.7 Å². The lowest BCUT2D eigenvalue weighted by Gasteiger charge is -2.22. The monoisotopic (exact) mass is 311 g/mol. The highest BCUT2D eigenvalue weighted by Gasteiger charge is 2.26. The summed E-state index contributed by atoms with van der Waals surface area (Å²) in [5.41, 5.74) is 5.84. The number of amides is 2. The van der Waals surface area contributed by atoms with Crippen LogP contribution in [-0.2, 0) is 4.79 Å². The Bertz CT molecular complexity index is 527. The Balaban J connectivity index is 2.10. The van der Waals surface area contributed by atoms with Crippen LogP contribution in [0.25, 0.3) is 0 Å². The standard InChI is InChI=1S/C13H21N5O2S/c1-3-18(4-2)13-17-10(14)9(21-13)12(20)16-8-6-5-7-15-11(8)19/h8H,3-7,14H2,1-2H3,(H,15,19)(H,16,20). The zero-order valence-corrected chi connectivity index (χ0v) is 13.1. The first-order chi connectivity index (χ1) is 10.1. The number of hydrogen-bond donors (Lipinski definition) is 3. The number of nitrogens with two attached hydrogens (primary N) is 1. The summed E-state index contributed by atoms with van der Waals surface area (Å²) in [6.45, 7) is 6.31. The molecule has 0 bridgehead atoms. The number of anilines is 2. The van der Waals surface area contributed by atoms with Gasteiger partial charge in [0.25, 0.3) is 5.91 Å². The van der Waals surface area contributed by atoms with Crippen molar-refractivity contribution in [1.29, 1.82) is 0 Å². The lowest BCUT2D eigenvalue weighted by molar-refractivity contribution is -0.124. The van der Waals surface area contributed by atoms with Gasteiger partial charge in [-0.25, -0.2) is 4.98 Å². The molecule has 1 fully saturated rings. The molecule has 1 aliphatic rings. The molecule has 0 aliphatic carbocycles. The number of nitrogens with zero attached hydrogens (tertiary/aromatic N) is 2. The van der Waals surface area contributed by atoms with Crippen LogP contribution in [0.4, 0.5) is 10.9 Å². The highest BCUT2D eigenvalue weighted by atomic mass is 32.1. The van der Waals surface area contributed by atoms with Crippen molar-refractivity contribution < 1.29 is 9.59 Å². The molecule has 0 saturated carbocycles. The fourth-order valence-electron chi connectivity index (χ4n) is 2.25. The zero-order chi connectivity index (χ0) is 15.4. The SMILES string of the molecule is CCN(CC)c1nc(N)c(C(=O)NC2CCCNC2=O)s1. The van der Waals surface area contributed by atoms with Gasteiger partial charge in [-0.2, -0.15) is 0 Å². The van der Waals surface area contributed by atoms with Crippen LogP contribution < -0.4 is 21.3 Å². The smallest absolute Gasteiger partial charge is 0.265 e. The summed E-state index contributed by atoms with van der Waals surface area (Å²) in [5.74, 6) is -0.247. The largest absolute Gasteiger partial charge is 0.382 e. The number of aromatic nitrogens is 1. The second-order valence-electron chi connectivity index (χ2n) is 4.84. The lowest BCUT2D eigenvalue weighted by Crippen LogP contribution is -2.50. The second-order valence-corrected chi connectivity index (χ2v) is 5.82. The highest BCUT2D eigenvalue weighted by molar-refractivity contribution is 7.18. The number of nitrogens with one attached hydrogen (secondary N) is 2. The van der Waals surface area contributed by atoms with E-state index in [0.29, 0.717) is 17.8 Å². The molecule has 7 nitrogen and oxygen atoms in total. The minimum Gasteiger partial charge on any atom is -0.382 e. The Kier molecular flexibility index (Phi) is 5.00. The van der Waals surface area contributed by atoms with E-state index in [0.717, 1.165) is 24.6 Å². The Hall–Kier alpha value is -1.83. The van der Waals surface area contributed by atoms with Crippen molar-refractivity contribution in [2.75, 3.05) is 30.3 Å². The normalized spacial score (nSPS) is 18.2. The van der Waals surface area contributed by atoms with E-state index in [9.17, 15) is 9.59 Å². The van der Waals surface area contributed by atoms with Gasteiger partial charge in [0.15, 0.2) is 5.13 Å². The predicted octanol–water partition coefficient (Wildman–Crippen LogP) is 0.580. The number of thiazole rings is 1. The molecule has 1 aromatic rings. The zero-order valence-electron chi connectivity index (χ0n) is 12.3. The summed E-state index contributed by atoms with van der Waals surface area (Å²) in [6.07, 6.45) is 1.51. The summed E-state index contributed by atoms with van der Waals surface area (Å²) in [5, 5.41) is 6.21. The third-order valence-corrected chi connectivity index (χ3v) is 4.60. The first-order valence-electron chi connectivity index (χ1n) is 7.16. The van der Waals surface area contributed by atoms with Crippen molar-refractivity contribution in [2.24, 2.45) is 0 Å². The van der Waals surface area contributed by atoms with Crippen molar-refractivity contribution in [1.82, 2.24) is 15.6 Å². The number of hydrogen-bond acceptors (Lipinski definition) is 6. The van der Waals surface area contributed by atoms with E-state index in [1.54, 1.807) is 0 Å². The van der Waals surface area contributed by atoms with Crippen LogP contribution in [0, 0.1) is 0 Å². The third-order valence-electron chi connectivity index (χ3n) is 3.47. The fraction of sp³-hybridized carbons (Fsp3) is 0.615. The van der Waals surface area contributed by atoms with E-state index < -0.39 is 6.04 Å². The van der Waals surface area contributed by atoms with Crippen LogP contribution in [0.5, 0.6) is 0 Å². The molecule has 0 radical (unpaired) electrons. The van der Waals surface area contributed by atoms with Crippen molar-refractivity contribution in [3.05, 3.63) is 4.88 Å². The van der Waals surface area contributed by atoms with Crippen LogP contribution in [0.3, 0.4) is 0 Å². The van der Waals surface area contributed by atoms with Crippen LogP contribution in [0.1, 0.15) is 36.4 Å². The maximum Gasteiger partial charge on any atom is 0.265 e. The molecule has 1 aromatic heterocycles. The van der Waals surface area contributed by atoms with Crippen molar-refractivity contribution in [3.8, 4) is 0 Å². The maximum absolute atomic E-state index is 12.3. The number of carbonyl (C=O) groups excluding carboxylic acids is 2. The van der Waals surface area contributed by atoms with Gasteiger partial charge in [0.2, 0.25) is 5.91 Å². The molecule has 2 heterocycles. The van der Waals surface area contributed by atoms with Gasteiger partial charge in [-0.15, -0.1) is 0 Å². The summed E-state index contributed by atoms with van der Waals surface area (Å²) < 4.78 is 0. The first-order valence-corrected chi connectivity index (χ1v) is 7.98. The Morgan fingerprint density at radius 2 is 2.24 bits per heavy atom. The van der Waals surface area contributed by atoms with Gasteiger partial charge in [-0.1, -0.05) is 11.3 Å². The molecule has 1 atom stereocenters. The van der Waals surface area contributed by atoms with Gasteiger partial charge in [0, 0.05) is 19.6 Å². The van der Waals surface area contributed by atoms with Crippen molar-refractivity contribution in [2.45, 2.75) is 32.7 Å². The molecular formula is C13H21N5O2S. The number of nitrogen functional groups attached to an aromatic ring is 1. The quantitative estimate of drug-likeness (QED) is 0.738. The second kappa shape index (κ2) is 6.75. The fourth-order valence-corrected chi connectivity index (χ4v) is 3.26. The van der Waals surface area contributed by atoms with Gasteiger partial charge < -0.3 is 21.3 Å². The van der Waals surface area contributed by atoms with Crippen LogP contribution in [-0.4, -0.2) is 42.5 Å². The Morgan fingerprint density at radius 3 is 2.86 bits per heavy atom. The molecule has 2 rings (SSSR count). The van der Waals surface area contributed by atoms with Crippen molar-refractivity contribution in [3.63, 3.8) is 0 Å². The first kappa shape index (κ1) is 15.6. The van der Waals surface area contributed by atoms with E-state index >= 15 is 0 Å². The molecule has 21 heavy (non-hydrogen) atoms. The van der Waals surface area contributed by atoms with Crippen LogP contribution >= 0.6 is 11.3 Å². The Labute approximate surface area is 127 Å². The minimum atomic E-state index is -0.482. The van der Waals surface area contributed by atoms with Gasteiger partial charge >= 0.3 is 0 Å². The third kappa shape index (κ3) is 3.44. The average Bonchev–Trinajstić information content (AvgIpc) is 2.85. The maximum atomic E-state index is 12.3. The van der Waals surface area contributed by atoms with Crippen molar-refractivity contribution >= 4 is 34.1 Å². The summed E-state index contributed by atoms with van der Waals surface area (Å²) in [7, 11) is 0. The number of carbonyl (C=O) groups is 2. The molecule has 0 spiro atoms. The molecule has 1 saturated heterocycles. The van der Waals surface area contributed by atoms with Gasteiger partial charge in [-0.3, -0.25) is 9.59 Å². The van der Waals surface area contributed by atoms with E-state index in [4.69, 9.17) is 5.73 Å². The Morgan fingerprint density at radius 1 is 1.52 bits per heavy atom. The molecular weight excluding hydrogens is 290 g/mol. The van der Waals surface area contributed by atoms with Gasteiger partial charge in [0.1, 0.15) is 16.7 Å². The predicted molar refractivity (Wildman–Crippen MR) is 83.6 cm³/mol. The summed E-state index contributed by atoms with van der Waals surface area (Å²) >= 11 is 1.26. The molecule has 0 aromatic carbocycles. The van der Waals surface area contributed by atoms with E-state index in [2.05, 4.69) is 15.6 Å². The summed E-state index contributed by atoms with van der Waals surface area (Å²) in [4.78, 5) is 30.6.